The van der Waals surface area contributed by atoms with E-state index in [4.69, 9.17) is 9.98 Å². The highest BCUT2D eigenvalue weighted by Crippen LogP contribution is 2.39. The molecule has 0 aliphatic heterocycles. The summed E-state index contributed by atoms with van der Waals surface area (Å²) in [6, 6.07) is 42.3. The Morgan fingerprint density at radius 2 is 1.47 bits per heavy atom. The largest absolute Gasteiger partial charge is 0.313 e. The Morgan fingerprint density at radius 1 is 0.755 bits per heavy atom. The second kappa shape index (κ2) is 16.0. The molecule has 5 aromatic carbocycles. The molecule has 4 nitrogen and oxygen atoms in total. The van der Waals surface area contributed by atoms with Gasteiger partial charge in [-0.25, -0.2) is 9.98 Å². The van der Waals surface area contributed by atoms with Gasteiger partial charge in [0.25, 0.3) is 0 Å². The van der Waals surface area contributed by atoms with E-state index in [0.29, 0.717) is 18.2 Å². The molecule has 4 heteroatoms. The average molecular weight is 685 g/mol. The van der Waals surface area contributed by atoms with Crippen molar-refractivity contribution in [1.82, 2.24) is 4.57 Å². The summed E-state index contributed by atoms with van der Waals surface area (Å²) < 4.78 is 2.28. The summed E-state index contributed by atoms with van der Waals surface area (Å²) in [5.41, 5.74) is 11.4. The highest BCUT2D eigenvalue weighted by atomic mass is 15.0. The van der Waals surface area contributed by atoms with E-state index in [9.17, 15) is 0 Å². The monoisotopic (exact) mass is 684 g/mol. The molecule has 0 fully saturated rings. The molecule has 0 bridgehead atoms. The first kappa shape index (κ1) is 34.6. The Bertz CT molecular complexity index is 2610. The van der Waals surface area contributed by atoms with Gasteiger partial charge in [0, 0.05) is 33.7 Å². The number of para-hydroxylation sites is 1. The third-order valence-corrected chi connectivity index (χ3v) is 9.14. The maximum absolute atomic E-state index is 5.12. The topological polar surface area (TPSA) is 42.0 Å². The molecule has 1 heterocycles. The van der Waals surface area contributed by atoms with E-state index in [1.165, 1.54) is 10.8 Å². The molecule has 7 rings (SSSR count). The van der Waals surface area contributed by atoms with Crippen molar-refractivity contribution in [1.29, 1.82) is 0 Å². The molecule has 256 valence electrons. The van der Waals surface area contributed by atoms with E-state index in [1.807, 2.05) is 37.3 Å². The van der Waals surface area contributed by atoms with E-state index in [-0.39, 0.29) is 0 Å². The molecule has 0 spiro atoms. The fourth-order valence-electron chi connectivity index (χ4n) is 6.68. The first-order chi connectivity index (χ1) is 26.0. The van der Waals surface area contributed by atoms with Gasteiger partial charge in [0.05, 0.1) is 17.6 Å². The summed E-state index contributed by atoms with van der Waals surface area (Å²) in [7, 11) is 0. The van der Waals surface area contributed by atoms with Crippen LogP contribution in [0, 0.1) is 11.8 Å². The van der Waals surface area contributed by atoms with E-state index < -0.39 is 0 Å². The highest BCUT2D eigenvalue weighted by Gasteiger charge is 2.18. The van der Waals surface area contributed by atoms with Gasteiger partial charge >= 0.3 is 0 Å². The number of rotatable bonds is 7. The number of benzene rings is 5. The number of aliphatic imine (C=N–C) groups is 3. The fraction of sp³-hybridized carbons (Fsp3) is 0.0816. The molecular formula is C49H40N4. The lowest BCUT2D eigenvalue weighted by atomic mass is 9.91. The van der Waals surface area contributed by atoms with Gasteiger partial charge in [-0.3, -0.25) is 4.99 Å². The number of amidine groups is 2. The fourth-order valence-corrected chi connectivity index (χ4v) is 6.68. The van der Waals surface area contributed by atoms with Crippen LogP contribution in [0.15, 0.2) is 190 Å². The molecule has 1 aliphatic carbocycles. The molecule has 0 amide bonds. The molecule has 0 atom stereocenters. The predicted molar refractivity (Wildman–Crippen MR) is 227 cm³/mol. The van der Waals surface area contributed by atoms with Crippen molar-refractivity contribution in [2.24, 2.45) is 15.0 Å². The summed E-state index contributed by atoms with van der Waals surface area (Å²) in [5.74, 6) is 7.36. The number of aromatic nitrogens is 1. The highest BCUT2D eigenvalue weighted by molar-refractivity contribution is 6.16. The maximum Gasteiger partial charge on any atom is 0.161 e. The summed E-state index contributed by atoms with van der Waals surface area (Å²) in [6.45, 7) is 12.4. The maximum atomic E-state index is 5.12. The van der Waals surface area contributed by atoms with Crippen LogP contribution in [0.1, 0.15) is 31.4 Å². The lowest BCUT2D eigenvalue weighted by molar-refractivity contribution is 1.06. The minimum absolute atomic E-state index is 0.500. The lowest BCUT2D eigenvalue weighted by Gasteiger charge is -2.15. The van der Waals surface area contributed by atoms with Gasteiger partial charge in [-0.2, -0.15) is 0 Å². The lowest BCUT2D eigenvalue weighted by Crippen LogP contribution is -2.07. The third kappa shape index (κ3) is 7.61. The van der Waals surface area contributed by atoms with Gasteiger partial charge in [0.2, 0.25) is 0 Å². The van der Waals surface area contributed by atoms with Crippen LogP contribution in [-0.2, 0) is 6.54 Å². The van der Waals surface area contributed by atoms with Crippen LogP contribution in [0.3, 0.4) is 0 Å². The van der Waals surface area contributed by atoms with Crippen LogP contribution in [0.5, 0.6) is 0 Å². The van der Waals surface area contributed by atoms with Crippen molar-refractivity contribution in [3.05, 3.63) is 187 Å². The number of fused-ring (bicyclic) bond motifs is 3. The van der Waals surface area contributed by atoms with Gasteiger partial charge in [-0.05, 0) is 78.6 Å². The Kier molecular flexibility index (Phi) is 10.5. The van der Waals surface area contributed by atoms with E-state index in [2.05, 4.69) is 169 Å². The van der Waals surface area contributed by atoms with Crippen molar-refractivity contribution >= 4 is 45.9 Å². The van der Waals surface area contributed by atoms with Crippen LogP contribution < -0.4 is 0 Å². The Labute approximate surface area is 312 Å². The van der Waals surface area contributed by atoms with Crippen molar-refractivity contribution in [3.8, 4) is 34.1 Å². The van der Waals surface area contributed by atoms with Gasteiger partial charge in [0.1, 0.15) is 0 Å². The number of nitrogens with zero attached hydrogens (tertiary/aromatic N) is 4. The zero-order chi connectivity index (χ0) is 36.6. The smallest absolute Gasteiger partial charge is 0.161 e. The predicted octanol–water partition coefficient (Wildman–Crippen LogP) is 12.1. The summed E-state index contributed by atoms with van der Waals surface area (Å²) >= 11 is 0. The molecule has 6 aromatic rings. The summed E-state index contributed by atoms with van der Waals surface area (Å²) in [5, 5.41) is 2.36. The second-order valence-corrected chi connectivity index (χ2v) is 12.9. The van der Waals surface area contributed by atoms with Crippen LogP contribution in [0.25, 0.3) is 49.8 Å². The zero-order valence-corrected chi connectivity index (χ0v) is 30.1. The normalized spacial score (nSPS) is 13.4. The molecule has 0 saturated carbocycles. The quantitative estimate of drug-likeness (QED) is 0.0912. The van der Waals surface area contributed by atoms with Crippen LogP contribution >= 0.6 is 0 Å². The van der Waals surface area contributed by atoms with Crippen LogP contribution in [0.2, 0.25) is 0 Å². The second-order valence-electron chi connectivity index (χ2n) is 12.9. The van der Waals surface area contributed by atoms with Crippen LogP contribution in [0.4, 0.5) is 0 Å². The Hall–Kier alpha value is -6.83. The molecule has 0 saturated heterocycles. The SMILES string of the molecule is C=NC(=NC(=NCc1ccccc1)C1=CC=CCC=C1)c1ccccc1-c1ccccc1-c1ccc2c(c1)c1ccccc1n2/C(C)=C/C#CC(=C)C. The van der Waals surface area contributed by atoms with Crippen molar-refractivity contribution in [2.45, 2.75) is 26.8 Å². The third-order valence-electron chi connectivity index (χ3n) is 9.14. The minimum Gasteiger partial charge on any atom is -0.313 e. The Morgan fingerprint density at radius 3 is 2.28 bits per heavy atom. The summed E-state index contributed by atoms with van der Waals surface area (Å²) in [6.07, 6.45) is 13.2. The molecule has 0 radical (unpaired) electrons. The van der Waals surface area contributed by atoms with Gasteiger partial charge in [-0.1, -0.05) is 152 Å². The minimum atomic E-state index is 0.500. The first-order valence-corrected chi connectivity index (χ1v) is 17.8. The first-order valence-electron chi connectivity index (χ1n) is 17.8. The van der Waals surface area contributed by atoms with Crippen LogP contribution in [-0.4, -0.2) is 23.0 Å². The molecule has 53 heavy (non-hydrogen) atoms. The average Bonchev–Trinajstić information content (AvgIpc) is 3.30. The van der Waals surface area contributed by atoms with Crippen molar-refractivity contribution in [2.75, 3.05) is 0 Å². The van der Waals surface area contributed by atoms with Gasteiger partial charge < -0.3 is 4.57 Å². The molecule has 1 aromatic heterocycles. The molecule has 0 unspecified atom stereocenters. The van der Waals surface area contributed by atoms with Gasteiger partial charge in [-0.15, -0.1) is 0 Å². The number of hydrogen-bond donors (Lipinski definition) is 0. The van der Waals surface area contributed by atoms with Crippen molar-refractivity contribution < 1.29 is 0 Å². The Balaban J connectivity index is 1.35. The number of allylic oxidation sites excluding steroid dienone is 7. The van der Waals surface area contributed by atoms with Crippen molar-refractivity contribution in [3.63, 3.8) is 0 Å². The molecular weight excluding hydrogens is 645 g/mol. The standard InChI is InChI=1S/C49H40N4/c1-35(2)19-18-20-36(3)53-46-30-17-16-28-43(46)45-33-39(31-32-47(45)53)40-25-12-13-26-41(40)42-27-14-15-29-44(42)49(50-4)52-48(38-23-10-5-6-11-24-38)51-34-37-21-8-7-9-22-37/h5,7-17,20-33H,1,4,6,34H2,2-3H3/b36-20+,51-48?,52-49?. The van der Waals surface area contributed by atoms with E-state index >= 15 is 0 Å². The van der Waals surface area contributed by atoms with E-state index in [0.717, 1.165) is 67.7 Å². The number of hydrogen-bond acceptors (Lipinski definition) is 1. The molecule has 0 N–H and O–H groups in total. The van der Waals surface area contributed by atoms with E-state index in [1.54, 1.807) is 0 Å². The molecule has 1 aliphatic rings. The zero-order valence-electron chi connectivity index (χ0n) is 30.1. The van der Waals surface area contributed by atoms with Gasteiger partial charge in [0.15, 0.2) is 11.7 Å². The summed E-state index contributed by atoms with van der Waals surface area (Å²) in [4.78, 5) is 14.6.